The predicted octanol–water partition coefficient (Wildman–Crippen LogP) is -1.07. The highest BCUT2D eigenvalue weighted by Gasteiger charge is 2.46. The number of rotatable bonds is 4. The molecular weight excluding hydrogens is 262 g/mol. The number of imidazole rings is 1. The van der Waals surface area contributed by atoms with Crippen molar-refractivity contribution in [1.82, 2.24) is 19.5 Å². The number of anilines is 1. The molecule has 0 saturated heterocycles. The number of aliphatic hydroxyl groups is 3. The van der Waals surface area contributed by atoms with Crippen molar-refractivity contribution in [3.63, 3.8) is 0 Å². The van der Waals surface area contributed by atoms with Crippen LogP contribution < -0.4 is 5.73 Å². The van der Waals surface area contributed by atoms with Crippen molar-refractivity contribution in [3.8, 4) is 0 Å². The van der Waals surface area contributed by atoms with Crippen molar-refractivity contribution >= 4 is 17.0 Å². The topological polar surface area (TPSA) is 130 Å². The summed E-state index contributed by atoms with van der Waals surface area (Å²) in [7, 11) is 0. The van der Waals surface area contributed by atoms with E-state index in [2.05, 4.69) is 15.0 Å². The lowest BCUT2D eigenvalue weighted by atomic mass is 9.66. The molecule has 2 aromatic heterocycles. The van der Waals surface area contributed by atoms with Gasteiger partial charge in [0.05, 0.1) is 19.0 Å². The van der Waals surface area contributed by atoms with Gasteiger partial charge in [0.15, 0.2) is 11.5 Å². The van der Waals surface area contributed by atoms with Crippen LogP contribution in [0.2, 0.25) is 0 Å². The van der Waals surface area contributed by atoms with E-state index in [9.17, 15) is 10.2 Å². The Labute approximate surface area is 114 Å². The first-order valence-electron chi connectivity index (χ1n) is 6.50. The minimum Gasteiger partial charge on any atom is -0.396 e. The molecule has 4 atom stereocenters. The van der Waals surface area contributed by atoms with Gasteiger partial charge < -0.3 is 25.6 Å². The first kappa shape index (κ1) is 13.2. The molecule has 0 aromatic carbocycles. The van der Waals surface area contributed by atoms with E-state index in [1.807, 2.05) is 4.57 Å². The summed E-state index contributed by atoms with van der Waals surface area (Å²) in [6.45, 7) is -0.344. The number of nitrogen functional groups attached to an aromatic ring is 1. The zero-order valence-electron chi connectivity index (χ0n) is 10.8. The molecule has 0 bridgehead atoms. The van der Waals surface area contributed by atoms with Crippen LogP contribution in [-0.2, 0) is 0 Å². The molecule has 5 N–H and O–H groups in total. The van der Waals surface area contributed by atoms with E-state index in [-0.39, 0.29) is 31.1 Å². The summed E-state index contributed by atoms with van der Waals surface area (Å²) in [5, 5.41) is 28.4. The average Bonchev–Trinajstić information content (AvgIpc) is 2.83. The maximum absolute atomic E-state index is 9.92. The highest BCUT2D eigenvalue weighted by molar-refractivity contribution is 5.81. The zero-order chi connectivity index (χ0) is 14.3. The van der Waals surface area contributed by atoms with Crippen molar-refractivity contribution in [3.05, 3.63) is 12.7 Å². The summed E-state index contributed by atoms with van der Waals surface area (Å²) in [5.41, 5.74) is 6.88. The fourth-order valence-corrected chi connectivity index (χ4v) is 3.04. The van der Waals surface area contributed by atoms with Gasteiger partial charge >= 0.3 is 0 Å². The fourth-order valence-electron chi connectivity index (χ4n) is 3.04. The van der Waals surface area contributed by atoms with Gasteiger partial charge in [0.25, 0.3) is 0 Å². The first-order chi connectivity index (χ1) is 9.67. The van der Waals surface area contributed by atoms with Crippen molar-refractivity contribution in [2.75, 3.05) is 18.9 Å². The highest BCUT2D eigenvalue weighted by Crippen LogP contribution is 2.46. The van der Waals surface area contributed by atoms with Gasteiger partial charge in [-0.3, -0.25) is 0 Å². The van der Waals surface area contributed by atoms with Crippen LogP contribution in [0.5, 0.6) is 0 Å². The molecule has 1 aliphatic carbocycles. The Bertz CT molecular complexity index is 610. The molecule has 20 heavy (non-hydrogen) atoms. The van der Waals surface area contributed by atoms with E-state index in [1.54, 1.807) is 6.33 Å². The molecule has 1 saturated carbocycles. The van der Waals surface area contributed by atoms with Gasteiger partial charge in [0, 0.05) is 18.6 Å². The van der Waals surface area contributed by atoms with Crippen LogP contribution >= 0.6 is 0 Å². The molecule has 0 amide bonds. The quantitative estimate of drug-likeness (QED) is 0.560. The largest absolute Gasteiger partial charge is 0.396 e. The molecule has 2 heterocycles. The average molecular weight is 279 g/mol. The van der Waals surface area contributed by atoms with Crippen LogP contribution in [0.15, 0.2) is 12.7 Å². The van der Waals surface area contributed by atoms with Gasteiger partial charge in [-0.05, 0) is 12.3 Å². The van der Waals surface area contributed by atoms with Crippen molar-refractivity contribution in [2.45, 2.75) is 18.6 Å². The lowest BCUT2D eigenvalue weighted by Gasteiger charge is -2.46. The van der Waals surface area contributed by atoms with Crippen LogP contribution in [0, 0.1) is 11.8 Å². The minimum atomic E-state index is -0.873. The third-order valence-corrected chi connectivity index (χ3v) is 4.14. The van der Waals surface area contributed by atoms with Crippen LogP contribution in [0.4, 0.5) is 5.82 Å². The number of nitrogens with zero attached hydrogens (tertiary/aromatic N) is 4. The number of hydrogen-bond donors (Lipinski definition) is 4. The standard InChI is InChI=1S/C12H17N5O3/c13-11-10-12(15-4-14-11)17(5-16-10)7-1-6(2-18)9(7)8(20)3-19/h4-9,18-20H,1-3H2,(H2,13,14,15)/t6-,7-,8-,9-/m1/s1. The number of aliphatic hydroxyl groups excluding tert-OH is 3. The molecule has 8 nitrogen and oxygen atoms in total. The minimum absolute atomic E-state index is 0.0119. The van der Waals surface area contributed by atoms with Gasteiger partial charge in [-0.1, -0.05) is 0 Å². The Kier molecular flexibility index (Phi) is 3.28. The number of hydrogen-bond acceptors (Lipinski definition) is 7. The van der Waals surface area contributed by atoms with Crippen LogP contribution in [0.1, 0.15) is 12.5 Å². The van der Waals surface area contributed by atoms with E-state index >= 15 is 0 Å². The summed E-state index contributed by atoms with van der Waals surface area (Å²) >= 11 is 0. The van der Waals surface area contributed by atoms with Crippen molar-refractivity contribution < 1.29 is 15.3 Å². The van der Waals surface area contributed by atoms with Gasteiger partial charge in [0.1, 0.15) is 11.8 Å². The molecule has 1 aliphatic rings. The molecule has 3 rings (SSSR count). The van der Waals surface area contributed by atoms with E-state index < -0.39 is 6.10 Å². The summed E-state index contributed by atoms with van der Waals surface area (Å²) in [5.74, 6) is 0.0587. The lowest BCUT2D eigenvalue weighted by molar-refractivity contribution is -0.0733. The second-order valence-electron chi connectivity index (χ2n) is 5.16. The van der Waals surface area contributed by atoms with E-state index in [0.29, 0.717) is 23.4 Å². The number of nitrogens with two attached hydrogens (primary N) is 1. The molecule has 2 aromatic rings. The van der Waals surface area contributed by atoms with Gasteiger partial charge in [-0.2, -0.15) is 0 Å². The Morgan fingerprint density at radius 3 is 2.85 bits per heavy atom. The maximum Gasteiger partial charge on any atom is 0.165 e. The predicted molar refractivity (Wildman–Crippen MR) is 70.5 cm³/mol. The SMILES string of the molecule is Nc1ncnc2c1ncn2[C@@H]1C[C@H](CO)[C@H]1[C@H](O)CO. The molecule has 8 heteroatoms. The molecular formula is C12H17N5O3. The van der Waals surface area contributed by atoms with Crippen LogP contribution in [0.3, 0.4) is 0 Å². The first-order valence-corrected chi connectivity index (χ1v) is 6.50. The molecule has 0 unspecified atom stereocenters. The van der Waals surface area contributed by atoms with E-state index in [1.165, 1.54) is 6.33 Å². The second-order valence-corrected chi connectivity index (χ2v) is 5.16. The molecule has 0 radical (unpaired) electrons. The Morgan fingerprint density at radius 2 is 2.15 bits per heavy atom. The highest BCUT2D eigenvalue weighted by atomic mass is 16.3. The Balaban J connectivity index is 1.97. The van der Waals surface area contributed by atoms with E-state index in [0.717, 1.165) is 0 Å². The third-order valence-electron chi connectivity index (χ3n) is 4.14. The summed E-state index contributed by atoms with van der Waals surface area (Å²) in [6, 6.07) is -0.0615. The summed E-state index contributed by atoms with van der Waals surface area (Å²) in [6.07, 6.45) is 2.82. The van der Waals surface area contributed by atoms with Crippen LogP contribution in [0.25, 0.3) is 11.2 Å². The summed E-state index contributed by atoms with van der Waals surface area (Å²) in [4.78, 5) is 12.3. The molecule has 1 fully saturated rings. The second kappa shape index (κ2) is 4.97. The van der Waals surface area contributed by atoms with Crippen LogP contribution in [-0.4, -0.2) is 54.2 Å². The van der Waals surface area contributed by atoms with Crippen molar-refractivity contribution in [1.29, 1.82) is 0 Å². The smallest absolute Gasteiger partial charge is 0.165 e. The van der Waals surface area contributed by atoms with Gasteiger partial charge in [-0.25, -0.2) is 15.0 Å². The van der Waals surface area contributed by atoms with Crippen molar-refractivity contribution in [2.24, 2.45) is 11.8 Å². The zero-order valence-corrected chi connectivity index (χ0v) is 10.8. The molecule has 0 aliphatic heterocycles. The summed E-state index contributed by atoms with van der Waals surface area (Å²) < 4.78 is 1.84. The number of fused-ring (bicyclic) bond motifs is 1. The molecule has 108 valence electrons. The van der Waals surface area contributed by atoms with Gasteiger partial charge in [0.2, 0.25) is 0 Å². The third kappa shape index (κ3) is 1.84. The van der Waals surface area contributed by atoms with E-state index in [4.69, 9.17) is 10.8 Å². The van der Waals surface area contributed by atoms with Gasteiger partial charge in [-0.15, -0.1) is 0 Å². The number of aromatic nitrogens is 4. The monoisotopic (exact) mass is 279 g/mol. The normalized spacial score (nSPS) is 27.4. The maximum atomic E-state index is 9.92. The fraction of sp³-hybridized carbons (Fsp3) is 0.583. The lowest BCUT2D eigenvalue weighted by Crippen LogP contribution is -2.48. The molecule has 0 spiro atoms. The Morgan fingerprint density at radius 1 is 1.35 bits per heavy atom. The Hall–Kier alpha value is -1.77.